The van der Waals surface area contributed by atoms with Gasteiger partial charge in [-0.15, -0.1) is 0 Å². The smallest absolute Gasteiger partial charge is 0.298 e. The molecule has 0 unspecified atom stereocenters. The molecule has 0 atom stereocenters. The molecule has 28 heavy (non-hydrogen) atoms. The van der Waals surface area contributed by atoms with Crippen LogP contribution in [0.2, 0.25) is 0 Å². The molecule has 1 N–H and O–H groups in total. The first-order valence-electron chi connectivity index (χ1n) is 8.36. The molecule has 10 heteroatoms. The number of hydrogen-bond acceptors (Lipinski definition) is 6. The lowest BCUT2D eigenvalue weighted by Crippen LogP contribution is -2.25. The highest BCUT2D eigenvalue weighted by Gasteiger charge is 2.25. The molecule has 0 bridgehead atoms. The van der Waals surface area contributed by atoms with Gasteiger partial charge < -0.3 is 5.32 Å². The van der Waals surface area contributed by atoms with Crippen LogP contribution in [0.25, 0.3) is 5.69 Å². The summed E-state index contributed by atoms with van der Waals surface area (Å²) in [6, 6.07) is 7.31. The third-order valence-corrected chi connectivity index (χ3v) is 4.32. The minimum absolute atomic E-state index is 0.0593. The molecule has 0 saturated heterocycles. The molecule has 2 heterocycles. The van der Waals surface area contributed by atoms with E-state index >= 15 is 0 Å². The maximum absolute atomic E-state index is 12.6. The summed E-state index contributed by atoms with van der Waals surface area (Å²) >= 11 is 0. The minimum Gasteiger partial charge on any atom is -0.304 e. The summed E-state index contributed by atoms with van der Waals surface area (Å²) in [5.74, 6) is -1.23. The third-order valence-electron chi connectivity index (χ3n) is 4.32. The molecule has 10 nitrogen and oxygen atoms in total. The number of ketones is 1. The van der Waals surface area contributed by atoms with E-state index in [0.29, 0.717) is 22.8 Å². The average molecular weight is 382 g/mol. The van der Waals surface area contributed by atoms with Crippen molar-refractivity contribution in [2.45, 2.75) is 20.8 Å². The standard InChI is InChI=1S/C18H18N6O4/c1-10-9-15(23(20-10)13-5-7-14(8-6-13)24(27)28)19-18(26)17(25)16-11(2)21-22(4)12(16)3/h5-9H,1-4H3,(H,19,26). The summed E-state index contributed by atoms with van der Waals surface area (Å²) in [5.41, 5.74) is 2.39. The van der Waals surface area contributed by atoms with Gasteiger partial charge in [-0.1, -0.05) is 0 Å². The molecule has 144 valence electrons. The van der Waals surface area contributed by atoms with E-state index in [9.17, 15) is 19.7 Å². The molecule has 0 saturated carbocycles. The Labute approximate surface area is 159 Å². The van der Waals surface area contributed by atoms with Gasteiger partial charge in [0.25, 0.3) is 17.4 Å². The van der Waals surface area contributed by atoms with Crippen molar-refractivity contribution in [2.24, 2.45) is 7.05 Å². The fourth-order valence-electron chi connectivity index (χ4n) is 2.89. The van der Waals surface area contributed by atoms with E-state index in [-0.39, 0.29) is 17.1 Å². The number of non-ortho nitro benzene ring substituents is 1. The molecule has 0 aliphatic heterocycles. The number of carbonyl (C=O) groups is 2. The molecule has 0 aliphatic carbocycles. The largest absolute Gasteiger partial charge is 0.304 e. The number of benzene rings is 1. The fraction of sp³-hybridized carbons (Fsp3) is 0.222. The molecule has 2 aromatic heterocycles. The van der Waals surface area contributed by atoms with E-state index in [1.54, 1.807) is 38.6 Å². The summed E-state index contributed by atoms with van der Waals surface area (Å²) in [5, 5.41) is 21.8. The number of carbonyl (C=O) groups excluding carboxylic acids is 2. The van der Waals surface area contributed by atoms with Crippen molar-refractivity contribution in [3.63, 3.8) is 0 Å². The maximum atomic E-state index is 12.6. The van der Waals surface area contributed by atoms with Gasteiger partial charge in [-0.2, -0.15) is 10.2 Å². The number of aromatic nitrogens is 4. The van der Waals surface area contributed by atoms with Crippen LogP contribution in [0.4, 0.5) is 11.5 Å². The van der Waals surface area contributed by atoms with Crippen LogP contribution in [0.5, 0.6) is 0 Å². The van der Waals surface area contributed by atoms with Crippen LogP contribution in [0, 0.1) is 30.9 Å². The van der Waals surface area contributed by atoms with Crippen molar-refractivity contribution in [1.82, 2.24) is 19.6 Å². The summed E-state index contributed by atoms with van der Waals surface area (Å²) in [6.45, 7) is 5.11. The Balaban J connectivity index is 1.90. The van der Waals surface area contributed by atoms with E-state index in [1.807, 2.05) is 0 Å². The Bertz CT molecular complexity index is 1090. The number of anilines is 1. The summed E-state index contributed by atoms with van der Waals surface area (Å²) in [4.78, 5) is 35.5. The second-order valence-corrected chi connectivity index (χ2v) is 6.31. The van der Waals surface area contributed by atoms with Crippen LogP contribution in [0.15, 0.2) is 30.3 Å². The molecule has 0 radical (unpaired) electrons. The van der Waals surface area contributed by atoms with Gasteiger partial charge >= 0.3 is 0 Å². The summed E-state index contributed by atoms with van der Waals surface area (Å²) in [7, 11) is 1.70. The van der Waals surface area contributed by atoms with Gasteiger partial charge in [0.05, 0.1) is 27.6 Å². The molecular formula is C18H18N6O4. The quantitative estimate of drug-likeness (QED) is 0.312. The highest BCUT2D eigenvalue weighted by molar-refractivity contribution is 6.47. The zero-order valence-corrected chi connectivity index (χ0v) is 15.8. The fourth-order valence-corrected chi connectivity index (χ4v) is 2.89. The van der Waals surface area contributed by atoms with Gasteiger partial charge in [0, 0.05) is 30.9 Å². The molecule has 1 aromatic carbocycles. The Hall–Kier alpha value is -3.82. The summed E-state index contributed by atoms with van der Waals surface area (Å²) < 4.78 is 2.95. The first-order chi connectivity index (χ1) is 13.2. The van der Waals surface area contributed by atoms with E-state index in [4.69, 9.17) is 0 Å². The van der Waals surface area contributed by atoms with Crippen LogP contribution in [0.3, 0.4) is 0 Å². The maximum Gasteiger partial charge on any atom is 0.298 e. The SMILES string of the molecule is Cc1cc(NC(=O)C(=O)c2c(C)nn(C)c2C)n(-c2ccc([N+](=O)[O-])cc2)n1. The number of hydrogen-bond donors (Lipinski definition) is 1. The normalized spacial score (nSPS) is 10.7. The van der Waals surface area contributed by atoms with Crippen molar-refractivity contribution in [2.75, 3.05) is 5.32 Å². The lowest BCUT2D eigenvalue weighted by molar-refractivity contribution is -0.384. The van der Waals surface area contributed by atoms with E-state index < -0.39 is 16.6 Å². The van der Waals surface area contributed by atoms with Crippen LogP contribution in [0.1, 0.15) is 27.4 Å². The van der Waals surface area contributed by atoms with Gasteiger partial charge in [-0.3, -0.25) is 24.4 Å². The number of rotatable bonds is 5. The number of nitro benzene ring substituents is 1. The molecule has 0 fully saturated rings. The number of nitrogens with one attached hydrogen (secondary N) is 1. The predicted molar refractivity (Wildman–Crippen MR) is 101 cm³/mol. The Morgan fingerprint density at radius 2 is 1.75 bits per heavy atom. The highest BCUT2D eigenvalue weighted by atomic mass is 16.6. The van der Waals surface area contributed by atoms with E-state index in [1.165, 1.54) is 28.9 Å². The van der Waals surface area contributed by atoms with Crippen LogP contribution in [-0.4, -0.2) is 36.2 Å². The monoisotopic (exact) mass is 382 g/mol. The van der Waals surface area contributed by atoms with Crippen LogP contribution >= 0.6 is 0 Å². The first kappa shape index (κ1) is 19.0. The van der Waals surface area contributed by atoms with Crippen molar-refractivity contribution in [3.8, 4) is 5.69 Å². The van der Waals surface area contributed by atoms with Crippen molar-refractivity contribution < 1.29 is 14.5 Å². The predicted octanol–water partition coefficient (Wildman–Crippen LogP) is 2.26. The lowest BCUT2D eigenvalue weighted by Gasteiger charge is -2.08. The minimum atomic E-state index is -0.817. The number of amides is 1. The molecular weight excluding hydrogens is 364 g/mol. The first-order valence-corrected chi connectivity index (χ1v) is 8.36. The molecule has 0 spiro atoms. The van der Waals surface area contributed by atoms with Gasteiger partial charge in [0.15, 0.2) is 0 Å². The Morgan fingerprint density at radius 1 is 1.11 bits per heavy atom. The second-order valence-electron chi connectivity index (χ2n) is 6.31. The van der Waals surface area contributed by atoms with Gasteiger partial charge in [-0.05, 0) is 32.9 Å². The van der Waals surface area contributed by atoms with Crippen LogP contribution < -0.4 is 5.32 Å². The molecule has 3 aromatic rings. The third kappa shape index (κ3) is 3.39. The van der Waals surface area contributed by atoms with Crippen molar-refractivity contribution in [3.05, 3.63) is 63.1 Å². The van der Waals surface area contributed by atoms with Gasteiger partial charge in [0.2, 0.25) is 0 Å². The topological polar surface area (TPSA) is 125 Å². The molecule has 1 amide bonds. The van der Waals surface area contributed by atoms with E-state index in [2.05, 4.69) is 15.5 Å². The summed E-state index contributed by atoms with van der Waals surface area (Å²) in [6.07, 6.45) is 0. The number of nitro groups is 1. The molecule has 0 aliphatic rings. The lowest BCUT2D eigenvalue weighted by atomic mass is 10.1. The Kier molecular flexibility index (Phi) is 4.78. The van der Waals surface area contributed by atoms with Gasteiger partial charge in [-0.25, -0.2) is 4.68 Å². The number of nitrogens with zero attached hydrogens (tertiary/aromatic N) is 5. The Morgan fingerprint density at radius 3 is 2.29 bits per heavy atom. The van der Waals surface area contributed by atoms with Gasteiger partial charge in [0.1, 0.15) is 5.82 Å². The van der Waals surface area contributed by atoms with Crippen molar-refractivity contribution in [1.29, 1.82) is 0 Å². The van der Waals surface area contributed by atoms with Crippen LogP contribution in [-0.2, 0) is 11.8 Å². The zero-order chi connectivity index (χ0) is 20.6. The average Bonchev–Trinajstić information content (AvgIpc) is 3.13. The number of aryl methyl sites for hydroxylation is 3. The number of Topliss-reactive ketones (excluding diaryl/α,β-unsaturated/α-hetero) is 1. The highest BCUT2D eigenvalue weighted by Crippen LogP contribution is 2.21. The van der Waals surface area contributed by atoms with E-state index in [0.717, 1.165) is 0 Å². The molecule has 3 rings (SSSR count). The zero-order valence-electron chi connectivity index (χ0n) is 15.8. The second kappa shape index (κ2) is 7.06. The van der Waals surface area contributed by atoms with Crippen molar-refractivity contribution >= 4 is 23.2 Å².